The molecule has 22 heavy (non-hydrogen) atoms. The number of aromatic nitrogens is 1. The first-order valence-electron chi connectivity index (χ1n) is 7.08. The number of thiophene rings is 1. The molecule has 0 aliphatic heterocycles. The summed E-state index contributed by atoms with van der Waals surface area (Å²) in [7, 11) is 0. The summed E-state index contributed by atoms with van der Waals surface area (Å²) in [5.41, 5.74) is 3.59. The number of rotatable bonds is 3. The number of nitrogens with zero attached hydrogens (tertiary/aromatic N) is 1. The molecule has 106 valence electrons. The Labute approximate surface area is 132 Å². The highest BCUT2D eigenvalue weighted by Crippen LogP contribution is 2.32. The van der Waals surface area contributed by atoms with Crippen molar-refractivity contribution in [2.45, 2.75) is 0 Å². The molecular weight excluding hydrogens is 290 g/mol. The lowest BCUT2D eigenvalue weighted by Gasteiger charge is -2.06. The molecule has 0 radical (unpaired) electrons. The lowest BCUT2D eigenvalue weighted by molar-refractivity contribution is 0.112. The smallest absolute Gasteiger partial charge is 0.160 e. The molecule has 0 fully saturated rings. The van der Waals surface area contributed by atoms with Crippen LogP contribution in [0.3, 0.4) is 0 Å². The van der Waals surface area contributed by atoms with Crippen LogP contribution in [0.15, 0.2) is 72.9 Å². The second-order valence-corrected chi connectivity index (χ2v) is 6.18. The Hall–Kier alpha value is -2.65. The van der Waals surface area contributed by atoms with Gasteiger partial charge in [0.05, 0.1) is 10.4 Å². The van der Waals surface area contributed by atoms with Gasteiger partial charge in [0.15, 0.2) is 6.29 Å². The molecule has 2 aromatic carbocycles. The lowest BCUT2D eigenvalue weighted by atomic mass is 10.0. The normalized spacial score (nSPS) is 10.9. The highest BCUT2D eigenvalue weighted by Gasteiger charge is 2.09. The number of hydrogen-bond acceptors (Lipinski definition) is 2. The first-order valence-corrected chi connectivity index (χ1v) is 7.89. The fourth-order valence-corrected chi connectivity index (χ4v) is 3.58. The fourth-order valence-electron chi connectivity index (χ4n) is 2.76. The summed E-state index contributed by atoms with van der Waals surface area (Å²) in [6, 6.07) is 22.7. The molecule has 0 unspecified atom stereocenters. The van der Waals surface area contributed by atoms with Gasteiger partial charge in [-0.2, -0.15) is 0 Å². The van der Waals surface area contributed by atoms with Crippen LogP contribution in [-0.2, 0) is 0 Å². The monoisotopic (exact) mass is 303 g/mol. The lowest BCUT2D eigenvalue weighted by Crippen LogP contribution is -1.87. The standard InChI is InChI=1S/C19H13NOS/c21-13-15-9-10-19(22-15)20-12-11-17-16(7-4-8-18(17)20)14-5-2-1-3-6-14/h1-13H. The van der Waals surface area contributed by atoms with Gasteiger partial charge in [-0.3, -0.25) is 4.79 Å². The molecule has 0 bridgehead atoms. The molecule has 0 spiro atoms. The minimum Gasteiger partial charge on any atom is -0.308 e. The van der Waals surface area contributed by atoms with Gasteiger partial charge in [0.2, 0.25) is 0 Å². The topological polar surface area (TPSA) is 22.0 Å². The Morgan fingerprint density at radius 3 is 2.50 bits per heavy atom. The van der Waals surface area contributed by atoms with Crippen LogP contribution >= 0.6 is 11.3 Å². The number of hydrogen-bond donors (Lipinski definition) is 0. The molecule has 0 atom stereocenters. The van der Waals surface area contributed by atoms with E-state index >= 15 is 0 Å². The largest absolute Gasteiger partial charge is 0.308 e. The van der Waals surface area contributed by atoms with Crippen LogP contribution in [0.1, 0.15) is 9.67 Å². The van der Waals surface area contributed by atoms with Gasteiger partial charge < -0.3 is 4.57 Å². The van der Waals surface area contributed by atoms with Gasteiger partial charge in [0.25, 0.3) is 0 Å². The van der Waals surface area contributed by atoms with E-state index in [2.05, 4.69) is 59.3 Å². The summed E-state index contributed by atoms with van der Waals surface area (Å²) < 4.78 is 2.14. The molecule has 2 heterocycles. The molecular formula is C19H13NOS. The van der Waals surface area contributed by atoms with E-state index in [1.54, 1.807) is 0 Å². The van der Waals surface area contributed by atoms with E-state index in [1.165, 1.54) is 27.8 Å². The van der Waals surface area contributed by atoms with E-state index in [0.717, 1.165) is 21.7 Å². The molecule has 2 nitrogen and oxygen atoms in total. The first kappa shape index (κ1) is 13.0. The predicted molar refractivity (Wildman–Crippen MR) is 92.0 cm³/mol. The van der Waals surface area contributed by atoms with Crippen molar-refractivity contribution in [2.75, 3.05) is 0 Å². The average Bonchev–Trinajstić information content (AvgIpc) is 3.21. The van der Waals surface area contributed by atoms with E-state index in [4.69, 9.17) is 0 Å². The van der Waals surface area contributed by atoms with E-state index in [-0.39, 0.29) is 0 Å². The summed E-state index contributed by atoms with van der Waals surface area (Å²) in [6.07, 6.45) is 2.97. The highest BCUT2D eigenvalue weighted by molar-refractivity contribution is 7.16. The van der Waals surface area contributed by atoms with Gasteiger partial charge in [-0.05, 0) is 35.4 Å². The Balaban J connectivity index is 1.92. The van der Waals surface area contributed by atoms with Crippen molar-refractivity contribution in [3.8, 4) is 16.1 Å². The SMILES string of the molecule is O=Cc1ccc(-n2ccc3c(-c4ccccc4)cccc32)s1. The number of aldehydes is 1. The predicted octanol–water partition coefficient (Wildman–Crippen LogP) is 5.17. The quantitative estimate of drug-likeness (QED) is 0.478. The van der Waals surface area contributed by atoms with Crippen molar-refractivity contribution in [2.24, 2.45) is 0 Å². The van der Waals surface area contributed by atoms with E-state index in [0.29, 0.717) is 0 Å². The summed E-state index contributed by atoms with van der Waals surface area (Å²) >= 11 is 1.50. The van der Waals surface area contributed by atoms with Crippen LogP contribution in [0.25, 0.3) is 27.0 Å². The Kier molecular flexibility index (Phi) is 3.13. The molecule has 0 amide bonds. The maximum Gasteiger partial charge on any atom is 0.160 e. The molecule has 2 aromatic heterocycles. The van der Waals surface area contributed by atoms with Crippen molar-refractivity contribution in [3.63, 3.8) is 0 Å². The van der Waals surface area contributed by atoms with Crippen LogP contribution in [0.2, 0.25) is 0 Å². The summed E-state index contributed by atoms with van der Waals surface area (Å²) in [5, 5.41) is 2.28. The number of carbonyl (C=O) groups excluding carboxylic acids is 1. The van der Waals surface area contributed by atoms with Gasteiger partial charge >= 0.3 is 0 Å². The average molecular weight is 303 g/mol. The molecule has 0 aliphatic rings. The molecule has 4 aromatic rings. The Morgan fingerprint density at radius 1 is 0.864 bits per heavy atom. The van der Waals surface area contributed by atoms with Gasteiger partial charge in [-0.1, -0.05) is 42.5 Å². The minimum atomic E-state index is 0.746. The van der Waals surface area contributed by atoms with Gasteiger partial charge in [-0.25, -0.2) is 0 Å². The molecule has 0 saturated carbocycles. The Bertz CT molecular complexity index is 950. The van der Waals surface area contributed by atoms with Crippen LogP contribution in [0.5, 0.6) is 0 Å². The third-order valence-electron chi connectivity index (χ3n) is 3.78. The third kappa shape index (κ3) is 2.07. The summed E-state index contributed by atoms with van der Waals surface area (Å²) in [6.45, 7) is 0. The van der Waals surface area contributed by atoms with Crippen LogP contribution < -0.4 is 0 Å². The van der Waals surface area contributed by atoms with Gasteiger partial charge in [0, 0.05) is 11.6 Å². The van der Waals surface area contributed by atoms with Crippen molar-refractivity contribution in [3.05, 3.63) is 77.8 Å². The van der Waals surface area contributed by atoms with Crippen molar-refractivity contribution >= 4 is 28.5 Å². The zero-order valence-corrected chi connectivity index (χ0v) is 12.6. The first-order chi connectivity index (χ1) is 10.9. The molecule has 0 saturated heterocycles. The van der Waals surface area contributed by atoms with Crippen LogP contribution in [0, 0.1) is 0 Å². The van der Waals surface area contributed by atoms with Crippen LogP contribution in [-0.4, -0.2) is 10.9 Å². The van der Waals surface area contributed by atoms with Crippen molar-refractivity contribution < 1.29 is 4.79 Å². The molecule has 0 aliphatic carbocycles. The van der Waals surface area contributed by atoms with E-state index in [9.17, 15) is 4.79 Å². The second kappa shape index (κ2) is 5.28. The number of benzene rings is 2. The number of carbonyl (C=O) groups is 1. The zero-order valence-electron chi connectivity index (χ0n) is 11.8. The van der Waals surface area contributed by atoms with Crippen LogP contribution in [0.4, 0.5) is 0 Å². The maximum atomic E-state index is 10.9. The van der Waals surface area contributed by atoms with Crippen molar-refractivity contribution in [1.29, 1.82) is 0 Å². The minimum absolute atomic E-state index is 0.746. The fraction of sp³-hybridized carbons (Fsp3) is 0. The number of fused-ring (bicyclic) bond motifs is 1. The summed E-state index contributed by atoms with van der Waals surface area (Å²) in [5.74, 6) is 0. The van der Waals surface area contributed by atoms with Crippen molar-refractivity contribution in [1.82, 2.24) is 4.57 Å². The Morgan fingerprint density at radius 2 is 1.73 bits per heavy atom. The third-order valence-corrected chi connectivity index (χ3v) is 4.79. The van der Waals surface area contributed by atoms with Gasteiger partial charge in [0.1, 0.15) is 5.00 Å². The maximum absolute atomic E-state index is 10.9. The zero-order chi connectivity index (χ0) is 14.9. The van der Waals surface area contributed by atoms with E-state index < -0.39 is 0 Å². The second-order valence-electron chi connectivity index (χ2n) is 5.08. The van der Waals surface area contributed by atoms with Gasteiger partial charge in [-0.15, -0.1) is 11.3 Å². The van der Waals surface area contributed by atoms with E-state index in [1.807, 2.05) is 18.2 Å². The molecule has 0 N–H and O–H groups in total. The summed E-state index contributed by atoms with van der Waals surface area (Å²) in [4.78, 5) is 11.6. The molecule has 3 heteroatoms. The highest BCUT2D eigenvalue weighted by atomic mass is 32.1. The molecule has 4 rings (SSSR count).